The average molecular weight is 451 g/mol. The minimum atomic E-state index is -1.68. The van der Waals surface area contributed by atoms with Gasteiger partial charge in [0, 0.05) is 9.89 Å². The molecular formula is C22H27BrO5. The van der Waals surface area contributed by atoms with Gasteiger partial charge < -0.3 is 14.6 Å². The maximum Gasteiger partial charge on any atom is 0.339 e. The lowest BCUT2D eigenvalue weighted by Gasteiger charge is -2.45. The van der Waals surface area contributed by atoms with E-state index in [1.54, 1.807) is 44.2 Å². The van der Waals surface area contributed by atoms with E-state index < -0.39 is 23.0 Å². The first-order chi connectivity index (χ1) is 13.0. The average Bonchev–Trinajstić information content (AvgIpc) is 2.64. The Balaban J connectivity index is 2.22. The van der Waals surface area contributed by atoms with E-state index >= 15 is 0 Å². The van der Waals surface area contributed by atoms with E-state index in [4.69, 9.17) is 9.47 Å². The highest BCUT2D eigenvalue weighted by molar-refractivity contribution is 9.10. The fourth-order valence-corrected chi connectivity index (χ4v) is 3.86. The quantitative estimate of drug-likeness (QED) is 0.529. The maximum atomic E-state index is 12.4. The van der Waals surface area contributed by atoms with Crippen molar-refractivity contribution in [3.8, 4) is 0 Å². The smallest absolute Gasteiger partial charge is 0.339 e. The van der Waals surface area contributed by atoms with Gasteiger partial charge >= 0.3 is 11.9 Å². The van der Waals surface area contributed by atoms with E-state index in [1.165, 1.54) is 7.11 Å². The van der Waals surface area contributed by atoms with Crippen LogP contribution in [0.5, 0.6) is 0 Å². The Morgan fingerprint density at radius 2 is 1.93 bits per heavy atom. The number of ether oxygens (including phenoxy) is 2. The number of allylic oxidation sites excluding steroid dienone is 1. The first-order valence-electron chi connectivity index (χ1n) is 9.13. The van der Waals surface area contributed by atoms with Gasteiger partial charge in [-0.25, -0.2) is 9.59 Å². The molecule has 1 N–H and O–H groups in total. The topological polar surface area (TPSA) is 72.8 Å². The molecule has 0 amide bonds. The van der Waals surface area contributed by atoms with Crippen LogP contribution in [0, 0.1) is 11.3 Å². The highest BCUT2D eigenvalue weighted by Gasteiger charge is 2.54. The van der Waals surface area contributed by atoms with Gasteiger partial charge in [0.15, 0.2) is 5.60 Å². The summed E-state index contributed by atoms with van der Waals surface area (Å²) in [7, 11) is 1.27. The zero-order valence-electron chi connectivity index (χ0n) is 16.9. The number of benzene rings is 1. The van der Waals surface area contributed by atoms with Crippen molar-refractivity contribution in [3.63, 3.8) is 0 Å². The summed E-state index contributed by atoms with van der Waals surface area (Å²) in [6.45, 7) is 7.61. The normalized spacial score (nSPS) is 27.8. The molecule has 28 heavy (non-hydrogen) atoms. The van der Waals surface area contributed by atoms with E-state index in [-0.39, 0.29) is 18.9 Å². The monoisotopic (exact) mass is 450 g/mol. The van der Waals surface area contributed by atoms with E-state index in [1.807, 2.05) is 19.9 Å². The lowest BCUT2D eigenvalue weighted by atomic mass is 9.62. The molecule has 0 saturated carbocycles. The van der Waals surface area contributed by atoms with Crippen LogP contribution in [0.15, 0.2) is 52.0 Å². The molecule has 152 valence electrons. The molecule has 0 radical (unpaired) electrons. The van der Waals surface area contributed by atoms with Crippen LogP contribution in [0.1, 0.15) is 44.5 Å². The molecule has 6 heteroatoms. The lowest BCUT2D eigenvalue weighted by molar-refractivity contribution is -0.174. The van der Waals surface area contributed by atoms with E-state index in [2.05, 4.69) is 15.9 Å². The van der Waals surface area contributed by atoms with Gasteiger partial charge in [-0.1, -0.05) is 40.6 Å². The standard InChI is InChI=1S/C22H27BrO5/c1-14(13-28-19(24)17-6-8-18(23)9-7-17)10-21(4)11-15(2)16(3)12-22(21,26)20(25)27-5/h6-11,16,26H,12-13H2,1-5H3/b14-10+/t16-,21-,22+/m0/s1. The Morgan fingerprint density at radius 3 is 2.50 bits per heavy atom. The predicted molar refractivity (Wildman–Crippen MR) is 111 cm³/mol. The van der Waals surface area contributed by atoms with Gasteiger partial charge in [-0.2, -0.15) is 0 Å². The fourth-order valence-electron chi connectivity index (χ4n) is 3.59. The van der Waals surface area contributed by atoms with Gasteiger partial charge in [-0.3, -0.25) is 0 Å². The first kappa shape index (κ1) is 22.4. The summed E-state index contributed by atoms with van der Waals surface area (Å²) in [6.07, 6.45) is 3.95. The Bertz CT molecular complexity index is 811. The lowest BCUT2D eigenvalue weighted by Crippen LogP contribution is -2.55. The molecule has 0 bridgehead atoms. The summed E-state index contributed by atoms with van der Waals surface area (Å²) >= 11 is 3.33. The first-order valence-corrected chi connectivity index (χ1v) is 9.93. The summed E-state index contributed by atoms with van der Waals surface area (Å²) in [6, 6.07) is 6.90. The molecule has 1 aromatic rings. The summed E-state index contributed by atoms with van der Waals surface area (Å²) in [5, 5.41) is 11.2. The molecule has 1 aliphatic rings. The summed E-state index contributed by atoms with van der Waals surface area (Å²) in [5.74, 6) is -1.04. The highest BCUT2D eigenvalue weighted by Crippen LogP contribution is 2.47. The molecule has 0 heterocycles. The van der Waals surface area contributed by atoms with Gasteiger partial charge in [0.05, 0.1) is 12.7 Å². The van der Waals surface area contributed by atoms with Crippen LogP contribution in [0.4, 0.5) is 0 Å². The zero-order valence-corrected chi connectivity index (χ0v) is 18.5. The SMILES string of the molecule is COC(=O)[C@]1(O)C[C@H](C)C(C)=C[C@]1(C)/C=C(\C)COC(=O)c1ccc(Br)cc1. The molecule has 0 aromatic heterocycles. The van der Waals surface area contributed by atoms with Gasteiger partial charge in [0.25, 0.3) is 0 Å². The van der Waals surface area contributed by atoms with Gasteiger partial charge in [0.1, 0.15) is 6.61 Å². The minimum Gasteiger partial charge on any atom is -0.467 e. The van der Waals surface area contributed by atoms with Crippen molar-refractivity contribution in [1.82, 2.24) is 0 Å². The Labute approximate surface area is 174 Å². The van der Waals surface area contributed by atoms with Crippen LogP contribution in [0.25, 0.3) is 0 Å². The summed E-state index contributed by atoms with van der Waals surface area (Å²) in [4.78, 5) is 24.6. The number of hydrogen-bond donors (Lipinski definition) is 1. The largest absolute Gasteiger partial charge is 0.467 e. The molecular weight excluding hydrogens is 424 g/mol. The Hall–Kier alpha value is -1.92. The number of methoxy groups -OCH3 is 1. The van der Waals surface area contributed by atoms with Gasteiger partial charge in [0.2, 0.25) is 0 Å². The molecule has 0 saturated heterocycles. The van der Waals surface area contributed by atoms with Crippen LogP contribution in [0.2, 0.25) is 0 Å². The second-order valence-corrected chi connectivity index (χ2v) is 8.62. The van der Waals surface area contributed by atoms with Crippen LogP contribution < -0.4 is 0 Å². The molecule has 0 aliphatic heterocycles. The van der Waals surface area contributed by atoms with Crippen LogP contribution >= 0.6 is 15.9 Å². The highest BCUT2D eigenvalue weighted by atomic mass is 79.9. The Morgan fingerprint density at radius 1 is 1.32 bits per heavy atom. The van der Waals surface area contributed by atoms with E-state index in [0.29, 0.717) is 5.56 Å². The fraction of sp³-hybridized carbons (Fsp3) is 0.455. The molecule has 1 aliphatic carbocycles. The molecule has 2 rings (SSSR count). The molecule has 5 nitrogen and oxygen atoms in total. The number of aliphatic hydroxyl groups is 1. The van der Waals surface area contributed by atoms with Crippen LogP contribution in [-0.2, 0) is 14.3 Å². The van der Waals surface area contributed by atoms with Crippen molar-refractivity contribution in [1.29, 1.82) is 0 Å². The third-order valence-electron chi connectivity index (χ3n) is 5.38. The van der Waals surface area contributed by atoms with Crippen molar-refractivity contribution in [2.75, 3.05) is 13.7 Å². The van der Waals surface area contributed by atoms with Crippen molar-refractivity contribution in [2.45, 2.75) is 39.7 Å². The zero-order chi connectivity index (χ0) is 21.1. The van der Waals surface area contributed by atoms with Crippen LogP contribution in [0.3, 0.4) is 0 Å². The third kappa shape index (κ3) is 4.55. The van der Waals surface area contributed by atoms with Crippen LogP contribution in [-0.4, -0.2) is 36.4 Å². The molecule has 3 atom stereocenters. The predicted octanol–water partition coefficient (Wildman–Crippen LogP) is 4.45. The van der Waals surface area contributed by atoms with Crippen molar-refractivity contribution in [2.24, 2.45) is 11.3 Å². The Kier molecular flexibility index (Phi) is 6.88. The van der Waals surface area contributed by atoms with E-state index in [9.17, 15) is 14.7 Å². The summed E-state index contributed by atoms with van der Waals surface area (Å²) in [5.41, 5.74) is -0.376. The third-order valence-corrected chi connectivity index (χ3v) is 5.91. The van der Waals surface area contributed by atoms with Gasteiger partial charge in [-0.05, 0) is 62.9 Å². The number of esters is 2. The van der Waals surface area contributed by atoms with Crippen molar-refractivity contribution < 1.29 is 24.2 Å². The number of carbonyl (C=O) groups excluding carboxylic acids is 2. The number of carbonyl (C=O) groups is 2. The molecule has 0 unspecified atom stereocenters. The number of hydrogen-bond acceptors (Lipinski definition) is 5. The second kappa shape index (κ2) is 8.62. The maximum absolute atomic E-state index is 12.4. The van der Waals surface area contributed by atoms with Crippen molar-refractivity contribution in [3.05, 3.63) is 57.6 Å². The summed E-state index contributed by atoms with van der Waals surface area (Å²) < 4.78 is 11.1. The molecule has 0 spiro atoms. The van der Waals surface area contributed by atoms with E-state index in [0.717, 1.165) is 15.6 Å². The number of halogens is 1. The minimum absolute atomic E-state index is 0.0566. The van der Waals surface area contributed by atoms with Gasteiger partial charge in [-0.15, -0.1) is 0 Å². The second-order valence-electron chi connectivity index (χ2n) is 7.70. The molecule has 0 fully saturated rings. The molecule has 1 aromatic carbocycles. The number of rotatable bonds is 5. The van der Waals surface area contributed by atoms with Crippen molar-refractivity contribution >= 4 is 27.9 Å².